The number of fused-ring (bicyclic) bond motifs is 8. The zero-order valence-electron chi connectivity index (χ0n) is 19.8. The molecule has 3 nitrogen and oxygen atoms in total. The highest BCUT2D eigenvalue weighted by Crippen LogP contribution is 2.37. The van der Waals surface area contributed by atoms with E-state index >= 15 is 0 Å². The molecule has 0 atom stereocenters. The maximum Gasteiger partial charge on any atom is 0.160 e. The molecule has 3 heteroatoms. The van der Waals surface area contributed by atoms with Crippen LogP contribution in [0.5, 0.6) is 0 Å². The van der Waals surface area contributed by atoms with Crippen molar-refractivity contribution in [3.63, 3.8) is 0 Å². The van der Waals surface area contributed by atoms with E-state index in [0.717, 1.165) is 65.8 Å². The third-order valence-corrected chi connectivity index (χ3v) is 7.25. The van der Waals surface area contributed by atoms with E-state index in [-0.39, 0.29) is 0 Å². The third kappa shape index (κ3) is 3.08. The Labute approximate surface area is 212 Å². The fraction of sp³-hybridized carbons (Fsp3) is 0. The molecule has 0 saturated heterocycles. The highest BCUT2D eigenvalue weighted by Gasteiger charge is 2.16. The van der Waals surface area contributed by atoms with Crippen LogP contribution in [-0.4, -0.2) is 9.97 Å². The number of furan rings is 1. The van der Waals surface area contributed by atoms with Crippen LogP contribution in [0.4, 0.5) is 0 Å². The van der Waals surface area contributed by atoms with E-state index in [2.05, 4.69) is 103 Å². The summed E-state index contributed by atoms with van der Waals surface area (Å²) in [4.78, 5) is 10.2. The largest absolute Gasteiger partial charge is 0.455 e. The number of para-hydroxylation sites is 1. The zero-order chi connectivity index (χ0) is 24.3. The Bertz CT molecular complexity index is 2140. The molecule has 0 aliphatic rings. The van der Waals surface area contributed by atoms with Gasteiger partial charge in [0.25, 0.3) is 0 Å². The topological polar surface area (TPSA) is 38.9 Å². The van der Waals surface area contributed by atoms with Crippen LogP contribution in [0.2, 0.25) is 0 Å². The Morgan fingerprint density at radius 3 is 2.14 bits per heavy atom. The van der Waals surface area contributed by atoms with E-state index in [1.54, 1.807) is 0 Å². The standard InChI is InChI=1S/C34H20N2O/c1-2-9-23(10-3-1)32-31-25-11-5-4-8-21(25)17-19-29(31)35-34(36-32)24-15-14-22-16-18-27-26-12-6-7-13-30(26)37-33(27)28(22)20-24/h1-20H. The summed E-state index contributed by atoms with van der Waals surface area (Å²) in [5.41, 5.74) is 5.72. The van der Waals surface area contributed by atoms with Crippen molar-refractivity contribution in [2.75, 3.05) is 0 Å². The summed E-state index contributed by atoms with van der Waals surface area (Å²) in [7, 11) is 0. The maximum absolute atomic E-state index is 6.33. The predicted octanol–water partition coefficient (Wildman–Crippen LogP) is 9.17. The number of hydrogen-bond donors (Lipinski definition) is 0. The molecule has 8 rings (SSSR count). The Hall–Kier alpha value is -5.02. The summed E-state index contributed by atoms with van der Waals surface area (Å²) < 4.78 is 6.33. The van der Waals surface area contributed by atoms with Crippen molar-refractivity contribution in [2.24, 2.45) is 0 Å². The summed E-state index contributed by atoms with van der Waals surface area (Å²) in [5, 5.41) is 7.86. The van der Waals surface area contributed by atoms with E-state index in [0.29, 0.717) is 5.82 Å². The van der Waals surface area contributed by atoms with Gasteiger partial charge < -0.3 is 4.42 Å². The molecule has 0 fully saturated rings. The van der Waals surface area contributed by atoms with Gasteiger partial charge in [-0.25, -0.2) is 9.97 Å². The Kier molecular flexibility index (Phi) is 4.23. The minimum atomic E-state index is 0.705. The van der Waals surface area contributed by atoms with E-state index < -0.39 is 0 Å². The normalized spacial score (nSPS) is 11.8. The Morgan fingerprint density at radius 2 is 1.22 bits per heavy atom. The first-order chi connectivity index (χ1) is 18.3. The molecule has 172 valence electrons. The van der Waals surface area contributed by atoms with E-state index in [1.807, 2.05) is 18.2 Å². The zero-order valence-corrected chi connectivity index (χ0v) is 19.8. The van der Waals surface area contributed by atoms with Gasteiger partial charge >= 0.3 is 0 Å². The fourth-order valence-electron chi connectivity index (χ4n) is 5.48. The van der Waals surface area contributed by atoms with Gasteiger partial charge in [-0.05, 0) is 40.4 Å². The van der Waals surface area contributed by atoms with Crippen molar-refractivity contribution >= 4 is 54.4 Å². The second-order valence-electron chi connectivity index (χ2n) is 9.42. The molecular formula is C34H20N2O. The predicted molar refractivity (Wildman–Crippen MR) is 153 cm³/mol. The number of hydrogen-bond acceptors (Lipinski definition) is 3. The lowest BCUT2D eigenvalue weighted by atomic mass is 9.99. The van der Waals surface area contributed by atoms with Gasteiger partial charge in [0.05, 0.1) is 11.2 Å². The first kappa shape index (κ1) is 20.2. The van der Waals surface area contributed by atoms with E-state index in [4.69, 9.17) is 14.4 Å². The molecule has 0 aliphatic carbocycles. The van der Waals surface area contributed by atoms with Gasteiger partial charge in [0, 0.05) is 32.7 Å². The number of aromatic nitrogens is 2. The van der Waals surface area contributed by atoms with Crippen LogP contribution in [0.25, 0.3) is 77.0 Å². The third-order valence-electron chi connectivity index (χ3n) is 7.25. The Morgan fingerprint density at radius 1 is 0.486 bits per heavy atom. The molecule has 0 bridgehead atoms. The van der Waals surface area contributed by atoms with Gasteiger partial charge in [-0.2, -0.15) is 0 Å². The molecule has 0 unspecified atom stereocenters. The molecule has 2 heterocycles. The minimum Gasteiger partial charge on any atom is -0.455 e. The van der Waals surface area contributed by atoms with Crippen LogP contribution in [0, 0.1) is 0 Å². The lowest BCUT2D eigenvalue weighted by Crippen LogP contribution is -1.96. The van der Waals surface area contributed by atoms with Gasteiger partial charge in [-0.1, -0.05) is 97.1 Å². The molecule has 0 radical (unpaired) electrons. The first-order valence-corrected chi connectivity index (χ1v) is 12.4. The molecule has 0 N–H and O–H groups in total. The van der Waals surface area contributed by atoms with Crippen molar-refractivity contribution in [1.29, 1.82) is 0 Å². The molecule has 0 saturated carbocycles. The second kappa shape index (κ2) is 7.74. The SMILES string of the molecule is c1ccc(-c2nc(-c3ccc4ccc5c6ccccc6oc5c4c3)nc3ccc4ccccc4c23)cc1. The lowest BCUT2D eigenvalue weighted by molar-refractivity contribution is 0.672. The van der Waals surface area contributed by atoms with Crippen LogP contribution >= 0.6 is 0 Å². The number of benzene rings is 6. The molecule has 8 aromatic rings. The molecule has 0 aliphatic heterocycles. The maximum atomic E-state index is 6.33. The van der Waals surface area contributed by atoms with Gasteiger partial charge in [-0.3, -0.25) is 0 Å². The average molecular weight is 473 g/mol. The molecule has 6 aromatic carbocycles. The van der Waals surface area contributed by atoms with Gasteiger partial charge in [-0.15, -0.1) is 0 Å². The van der Waals surface area contributed by atoms with Crippen molar-refractivity contribution in [1.82, 2.24) is 9.97 Å². The molecule has 37 heavy (non-hydrogen) atoms. The molecular weight excluding hydrogens is 452 g/mol. The molecule has 0 spiro atoms. The smallest absolute Gasteiger partial charge is 0.160 e. The van der Waals surface area contributed by atoms with Crippen LogP contribution in [0.15, 0.2) is 126 Å². The van der Waals surface area contributed by atoms with Crippen LogP contribution in [-0.2, 0) is 0 Å². The molecule has 0 amide bonds. The lowest BCUT2D eigenvalue weighted by Gasteiger charge is -2.12. The molecule has 2 aromatic heterocycles. The van der Waals surface area contributed by atoms with Crippen molar-refractivity contribution in [3.05, 3.63) is 121 Å². The van der Waals surface area contributed by atoms with Crippen LogP contribution in [0.3, 0.4) is 0 Å². The van der Waals surface area contributed by atoms with Crippen molar-refractivity contribution in [2.45, 2.75) is 0 Å². The summed E-state index contributed by atoms with van der Waals surface area (Å²) in [6.45, 7) is 0. The minimum absolute atomic E-state index is 0.705. The van der Waals surface area contributed by atoms with Gasteiger partial charge in [0.2, 0.25) is 0 Å². The van der Waals surface area contributed by atoms with Crippen LogP contribution < -0.4 is 0 Å². The summed E-state index contributed by atoms with van der Waals surface area (Å²) in [6, 6.07) is 42.0. The Balaban J connectivity index is 1.43. The van der Waals surface area contributed by atoms with Gasteiger partial charge in [0.1, 0.15) is 11.2 Å². The monoisotopic (exact) mass is 472 g/mol. The number of rotatable bonds is 2. The summed E-state index contributed by atoms with van der Waals surface area (Å²) in [5.74, 6) is 0.705. The van der Waals surface area contributed by atoms with Crippen molar-refractivity contribution in [3.8, 4) is 22.6 Å². The summed E-state index contributed by atoms with van der Waals surface area (Å²) in [6.07, 6.45) is 0. The highest BCUT2D eigenvalue weighted by atomic mass is 16.3. The quantitative estimate of drug-likeness (QED) is 0.235. The highest BCUT2D eigenvalue weighted by molar-refractivity contribution is 6.16. The average Bonchev–Trinajstić information content (AvgIpc) is 3.36. The van der Waals surface area contributed by atoms with E-state index in [1.165, 1.54) is 5.39 Å². The fourth-order valence-corrected chi connectivity index (χ4v) is 5.48. The van der Waals surface area contributed by atoms with Crippen molar-refractivity contribution < 1.29 is 4.42 Å². The van der Waals surface area contributed by atoms with E-state index in [9.17, 15) is 0 Å². The number of nitrogens with zero attached hydrogens (tertiary/aromatic N) is 2. The summed E-state index contributed by atoms with van der Waals surface area (Å²) >= 11 is 0. The second-order valence-corrected chi connectivity index (χ2v) is 9.42. The first-order valence-electron chi connectivity index (χ1n) is 12.4. The van der Waals surface area contributed by atoms with Gasteiger partial charge in [0.15, 0.2) is 5.82 Å². The van der Waals surface area contributed by atoms with Crippen LogP contribution in [0.1, 0.15) is 0 Å².